The summed E-state index contributed by atoms with van der Waals surface area (Å²) in [7, 11) is 0. The van der Waals surface area contributed by atoms with E-state index in [0.717, 1.165) is 12.1 Å². The number of carbonyl (C=O) groups is 4. The Hall–Kier alpha value is -3.04. The largest absolute Gasteiger partial charge is 0.456 e. The maximum absolute atomic E-state index is 13.5. The maximum atomic E-state index is 13.5. The molecule has 3 amide bonds. The Morgan fingerprint density at radius 3 is 2.48 bits per heavy atom. The van der Waals surface area contributed by atoms with E-state index in [0.29, 0.717) is 32.0 Å². The number of nitrogens with zero attached hydrogens (tertiary/aromatic N) is 1. The lowest BCUT2D eigenvalue weighted by molar-refractivity contribution is -0.152. The third-order valence-corrected chi connectivity index (χ3v) is 4.63. The zero-order valence-corrected chi connectivity index (χ0v) is 15.8. The average molecular weight is 411 g/mol. The van der Waals surface area contributed by atoms with E-state index >= 15 is 0 Å². The molecule has 2 rings (SSSR count). The van der Waals surface area contributed by atoms with Crippen molar-refractivity contribution in [3.63, 3.8) is 0 Å². The maximum Gasteiger partial charge on any atom is 0.306 e. The first-order valence-corrected chi connectivity index (χ1v) is 9.24. The Morgan fingerprint density at radius 1 is 1.17 bits per heavy atom. The van der Waals surface area contributed by atoms with Crippen molar-refractivity contribution in [3.05, 3.63) is 35.4 Å². The number of piperidine rings is 1. The zero-order chi connectivity index (χ0) is 21.4. The number of esters is 1. The first-order valence-electron chi connectivity index (χ1n) is 9.24. The lowest BCUT2D eigenvalue weighted by Crippen LogP contribution is -2.43. The fourth-order valence-electron chi connectivity index (χ4n) is 2.92. The Bertz CT molecular complexity index is 779. The number of nitrogens with one attached hydrogen (secondary N) is 1. The Morgan fingerprint density at radius 2 is 1.86 bits per heavy atom. The van der Waals surface area contributed by atoms with Crippen molar-refractivity contribution in [1.29, 1.82) is 0 Å². The molecule has 0 atom stereocenters. The van der Waals surface area contributed by atoms with Gasteiger partial charge in [0.05, 0.1) is 5.56 Å². The third kappa shape index (κ3) is 6.81. The van der Waals surface area contributed by atoms with Gasteiger partial charge in [-0.05, 0) is 31.4 Å². The number of nitrogens with two attached hydrogens (primary N) is 1. The van der Waals surface area contributed by atoms with Gasteiger partial charge in [0.1, 0.15) is 11.6 Å². The summed E-state index contributed by atoms with van der Waals surface area (Å²) < 4.78 is 31.2. The van der Waals surface area contributed by atoms with E-state index in [2.05, 4.69) is 5.32 Å². The van der Waals surface area contributed by atoms with Crippen molar-refractivity contribution < 1.29 is 32.7 Å². The van der Waals surface area contributed by atoms with E-state index in [1.54, 1.807) is 0 Å². The summed E-state index contributed by atoms with van der Waals surface area (Å²) in [5.74, 6) is -4.04. The van der Waals surface area contributed by atoms with Crippen LogP contribution in [0.2, 0.25) is 0 Å². The van der Waals surface area contributed by atoms with Gasteiger partial charge in [0.25, 0.3) is 11.8 Å². The Balaban J connectivity index is 1.62. The van der Waals surface area contributed by atoms with Gasteiger partial charge in [0.2, 0.25) is 5.91 Å². The number of benzene rings is 1. The highest BCUT2D eigenvalue weighted by atomic mass is 19.1. The molecule has 1 aromatic rings. The number of rotatable bonds is 8. The van der Waals surface area contributed by atoms with Crippen LogP contribution >= 0.6 is 0 Å². The van der Waals surface area contributed by atoms with Crippen LogP contribution < -0.4 is 11.1 Å². The van der Waals surface area contributed by atoms with E-state index in [1.165, 1.54) is 4.90 Å². The highest BCUT2D eigenvalue weighted by molar-refractivity contribution is 5.94. The second-order valence-electron chi connectivity index (χ2n) is 6.70. The molecule has 1 heterocycles. The van der Waals surface area contributed by atoms with Crippen LogP contribution in [0.25, 0.3) is 0 Å². The van der Waals surface area contributed by atoms with Gasteiger partial charge in [-0.15, -0.1) is 0 Å². The number of likely N-dealkylation sites (tertiary alicyclic amines) is 1. The molecule has 0 radical (unpaired) electrons. The van der Waals surface area contributed by atoms with E-state index in [-0.39, 0.29) is 42.7 Å². The second-order valence-corrected chi connectivity index (χ2v) is 6.70. The molecule has 0 saturated carbocycles. The molecule has 29 heavy (non-hydrogen) atoms. The monoisotopic (exact) mass is 411 g/mol. The van der Waals surface area contributed by atoms with Crippen LogP contribution in [0.5, 0.6) is 0 Å². The third-order valence-electron chi connectivity index (χ3n) is 4.63. The summed E-state index contributed by atoms with van der Waals surface area (Å²) in [6.07, 6.45) is 1.17. The molecule has 8 nitrogen and oxygen atoms in total. The fourth-order valence-corrected chi connectivity index (χ4v) is 2.92. The van der Waals surface area contributed by atoms with Gasteiger partial charge in [-0.3, -0.25) is 19.2 Å². The predicted molar refractivity (Wildman–Crippen MR) is 97.4 cm³/mol. The van der Waals surface area contributed by atoms with Gasteiger partial charge in [0, 0.05) is 38.0 Å². The van der Waals surface area contributed by atoms with E-state index in [4.69, 9.17) is 10.5 Å². The number of primary amides is 1. The highest BCUT2D eigenvalue weighted by Gasteiger charge is 2.26. The minimum Gasteiger partial charge on any atom is -0.456 e. The molecule has 1 aromatic carbocycles. The summed E-state index contributed by atoms with van der Waals surface area (Å²) in [5, 5.41) is 2.42. The first kappa shape index (κ1) is 22.3. The number of hydrogen-bond acceptors (Lipinski definition) is 5. The van der Waals surface area contributed by atoms with Crippen molar-refractivity contribution in [1.82, 2.24) is 10.2 Å². The van der Waals surface area contributed by atoms with E-state index < -0.39 is 30.1 Å². The highest BCUT2D eigenvalue weighted by Crippen LogP contribution is 2.16. The quantitative estimate of drug-likeness (QED) is 0.483. The predicted octanol–water partition coefficient (Wildman–Crippen LogP) is 0.742. The number of halogens is 2. The average Bonchev–Trinajstić information content (AvgIpc) is 2.69. The molecule has 0 aromatic heterocycles. The van der Waals surface area contributed by atoms with Gasteiger partial charge in [-0.1, -0.05) is 0 Å². The summed E-state index contributed by atoms with van der Waals surface area (Å²) in [6, 6.07) is 2.62. The number of amides is 3. The van der Waals surface area contributed by atoms with Gasteiger partial charge >= 0.3 is 5.97 Å². The fraction of sp³-hybridized carbons (Fsp3) is 0.474. The molecule has 10 heteroatoms. The first-order chi connectivity index (χ1) is 13.8. The van der Waals surface area contributed by atoms with Crippen molar-refractivity contribution in [3.8, 4) is 0 Å². The number of ether oxygens (including phenoxy) is 1. The lowest BCUT2D eigenvalue weighted by atomic mass is 9.96. The molecule has 0 unspecified atom stereocenters. The van der Waals surface area contributed by atoms with Crippen LogP contribution in [-0.4, -0.2) is 54.8 Å². The number of hydrogen-bond donors (Lipinski definition) is 2. The normalized spacial score (nSPS) is 14.3. The van der Waals surface area contributed by atoms with Crippen LogP contribution in [0, 0.1) is 17.6 Å². The SMILES string of the molecule is NC(=O)C1CCN(C(=O)COC(=O)CCCNC(=O)c2ccc(F)cc2F)CC1. The molecule has 0 aliphatic carbocycles. The molecule has 1 saturated heterocycles. The topological polar surface area (TPSA) is 119 Å². The lowest BCUT2D eigenvalue weighted by Gasteiger charge is -2.30. The van der Waals surface area contributed by atoms with Crippen LogP contribution in [0.1, 0.15) is 36.0 Å². The Labute approximate surface area is 166 Å². The summed E-state index contributed by atoms with van der Waals surface area (Å²) in [5.41, 5.74) is 4.95. The zero-order valence-electron chi connectivity index (χ0n) is 15.8. The molecule has 0 bridgehead atoms. The molecule has 0 spiro atoms. The minimum atomic E-state index is -0.972. The van der Waals surface area contributed by atoms with Crippen LogP contribution in [0.4, 0.5) is 8.78 Å². The summed E-state index contributed by atoms with van der Waals surface area (Å²) in [6.45, 7) is 0.457. The molecule has 1 aliphatic heterocycles. The minimum absolute atomic E-state index is 0.0385. The molecular formula is C19H23F2N3O5. The molecule has 3 N–H and O–H groups in total. The van der Waals surface area contributed by atoms with Gasteiger partial charge in [-0.25, -0.2) is 8.78 Å². The van der Waals surface area contributed by atoms with Crippen molar-refractivity contribution in [2.24, 2.45) is 11.7 Å². The van der Waals surface area contributed by atoms with Crippen molar-refractivity contribution in [2.45, 2.75) is 25.7 Å². The van der Waals surface area contributed by atoms with Crippen LogP contribution in [-0.2, 0) is 19.1 Å². The van der Waals surface area contributed by atoms with E-state index in [1.807, 2.05) is 0 Å². The summed E-state index contributed by atoms with van der Waals surface area (Å²) in [4.78, 5) is 48.2. The molecule has 1 fully saturated rings. The van der Waals surface area contributed by atoms with E-state index in [9.17, 15) is 28.0 Å². The molecular weight excluding hydrogens is 388 g/mol. The standard InChI is InChI=1S/C19H23F2N3O5/c20-13-3-4-14(15(21)10-13)19(28)23-7-1-2-17(26)29-11-16(25)24-8-5-12(6-9-24)18(22)27/h3-4,10,12H,1-2,5-9,11H2,(H2,22,27)(H,23,28). The molecule has 158 valence electrons. The Kier molecular flexibility index (Phi) is 8.05. The number of carbonyl (C=O) groups excluding carboxylic acids is 4. The smallest absolute Gasteiger partial charge is 0.306 e. The van der Waals surface area contributed by atoms with Crippen molar-refractivity contribution in [2.75, 3.05) is 26.2 Å². The van der Waals surface area contributed by atoms with Gasteiger partial charge in [0.15, 0.2) is 6.61 Å². The molecule has 1 aliphatic rings. The summed E-state index contributed by atoms with van der Waals surface area (Å²) >= 11 is 0. The second kappa shape index (κ2) is 10.5. The van der Waals surface area contributed by atoms with Crippen LogP contribution in [0.15, 0.2) is 18.2 Å². The van der Waals surface area contributed by atoms with Gasteiger partial charge < -0.3 is 20.7 Å². The van der Waals surface area contributed by atoms with Crippen LogP contribution in [0.3, 0.4) is 0 Å². The van der Waals surface area contributed by atoms with Gasteiger partial charge in [-0.2, -0.15) is 0 Å². The van der Waals surface area contributed by atoms with Crippen molar-refractivity contribution >= 4 is 23.7 Å².